The molecule has 2 aromatic heterocycles. The zero-order valence-corrected chi connectivity index (χ0v) is 16.9. The van der Waals surface area contributed by atoms with Crippen molar-refractivity contribution in [3.63, 3.8) is 0 Å². The van der Waals surface area contributed by atoms with Crippen LogP contribution in [0.3, 0.4) is 0 Å². The van der Waals surface area contributed by atoms with E-state index in [2.05, 4.69) is 20.2 Å². The SMILES string of the molecule is Cc1cccc(-c2ccc(C(=O)Nc3nc(CN4CCOCC4)cs3)c(=O)[nH]2)c1. The molecule has 0 bridgehead atoms. The number of pyridine rings is 1. The zero-order chi connectivity index (χ0) is 20.2. The Morgan fingerprint density at radius 1 is 1.28 bits per heavy atom. The van der Waals surface area contributed by atoms with Crippen LogP contribution in [0.2, 0.25) is 0 Å². The van der Waals surface area contributed by atoms with Crippen LogP contribution < -0.4 is 10.9 Å². The maximum atomic E-state index is 12.5. The molecule has 2 N–H and O–H groups in total. The molecule has 150 valence electrons. The summed E-state index contributed by atoms with van der Waals surface area (Å²) in [5, 5.41) is 5.14. The number of H-pyrrole nitrogens is 1. The molecule has 0 spiro atoms. The number of aryl methyl sites for hydroxylation is 1. The molecule has 8 heteroatoms. The maximum Gasteiger partial charge on any atom is 0.263 e. The minimum absolute atomic E-state index is 0.0614. The van der Waals surface area contributed by atoms with Crippen LogP contribution in [-0.4, -0.2) is 47.1 Å². The number of aromatic nitrogens is 2. The second-order valence-corrected chi connectivity index (χ2v) is 7.83. The number of nitrogens with one attached hydrogen (secondary N) is 2. The summed E-state index contributed by atoms with van der Waals surface area (Å²) >= 11 is 1.36. The summed E-state index contributed by atoms with van der Waals surface area (Å²) in [7, 11) is 0. The van der Waals surface area contributed by atoms with Crippen molar-refractivity contribution in [2.75, 3.05) is 31.6 Å². The molecule has 1 aromatic carbocycles. The van der Waals surface area contributed by atoms with Crippen molar-refractivity contribution >= 4 is 22.4 Å². The third-order valence-electron chi connectivity index (χ3n) is 4.74. The van der Waals surface area contributed by atoms with E-state index in [0.29, 0.717) is 10.8 Å². The Balaban J connectivity index is 1.44. The molecule has 1 aliphatic rings. The average molecular weight is 410 g/mol. The van der Waals surface area contributed by atoms with E-state index in [1.165, 1.54) is 11.3 Å². The number of morpholine rings is 1. The zero-order valence-electron chi connectivity index (χ0n) is 16.1. The van der Waals surface area contributed by atoms with E-state index in [4.69, 9.17) is 4.74 Å². The van der Waals surface area contributed by atoms with Crippen molar-refractivity contribution in [2.45, 2.75) is 13.5 Å². The van der Waals surface area contributed by atoms with Gasteiger partial charge in [-0.25, -0.2) is 4.98 Å². The van der Waals surface area contributed by atoms with E-state index >= 15 is 0 Å². The molecule has 1 fully saturated rings. The highest BCUT2D eigenvalue weighted by Crippen LogP contribution is 2.19. The minimum Gasteiger partial charge on any atom is -0.379 e. The fraction of sp³-hybridized carbons (Fsp3) is 0.286. The molecule has 29 heavy (non-hydrogen) atoms. The van der Waals surface area contributed by atoms with Gasteiger partial charge in [-0.3, -0.25) is 19.8 Å². The lowest BCUT2D eigenvalue weighted by molar-refractivity contribution is 0.0337. The summed E-state index contributed by atoms with van der Waals surface area (Å²) < 4.78 is 5.35. The largest absolute Gasteiger partial charge is 0.379 e. The first-order valence-electron chi connectivity index (χ1n) is 9.45. The molecule has 3 heterocycles. The second kappa shape index (κ2) is 8.69. The lowest BCUT2D eigenvalue weighted by atomic mass is 10.1. The second-order valence-electron chi connectivity index (χ2n) is 6.97. The number of rotatable bonds is 5. The van der Waals surface area contributed by atoms with Gasteiger partial charge in [0.15, 0.2) is 5.13 Å². The number of thiazole rings is 1. The van der Waals surface area contributed by atoms with Crippen molar-refractivity contribution < 1.29 is 9.53 Å². The number of hydrogen-bond acceptors (Lipinski definition) is 6. The van der Waals surface area contributed by atoms with Crippen LogP contribution in [0.1, 0.15) is 21.6 Å². The topological polar surface area (TPSA) is 87.3 Å². The minimum atomic E-state index is -0.464. The number of carbonyl (C=O) groups is 1. The molecule has 0 atom stereocenters. The predicted octanol–water partition coefficient (Wildman–Crippen LogP) is 2.89. The predicted molar refractivity (Wildman–Crippen MR) is 113 cm³/mol. The van der Waals surface area contributed by atoms with Gasteiger partial charge in [0.1, 0.15) is 5.56 Å². The quantitative estimate of drug-likeness (QED) is 0.675. The van der Waals surface area contributed by atoms with Crippen LogP contribution >= 0.6 is 11.3 Å². The lowest BCUT2D eigenvalue weighted by Crippen LogP contribution is -2.35. The number of aromatic amines is 1. The molecule has 1 aliphatic heterocycles. The van der Waals surface area contributed by atoms with Gasteiger partial charge in [0.2, 0.25) is 0 Å². The summed E-state index contributed by atoms with van der Waals surface area (Å²) in [6, 6.07) is 11.1. The van der Waals surface area contributed by atoms with Gasteiger partial charge in [-0.05, 0) is 30.7 Å². The van der Waals surface area contributed by atoms with Crippen LogP contribution in [0.25, 0.3) is 11.3 Å². The summed E-state index contributed by atoms with van der Waals surface area (Å²) in [5.74, 6) is -0.464. The first kappa shape index (κ1) is 19.5. The summed E-state index contributed by atoms with van der Waals surface area (Å²) in [5.41, 5.74) is 3.22. The van der Waals surface area contributed by atoms with Gasteiger partial charge in [0, 0.05) is 30.7 Å². The molecule has 4 rings (SSSR count). The molecule has 0 unspecified atom stereocenters. The summed E-state index contributed by atoms with van der Waals surface area (Å²) in [6.45, 7) is 5.93. The number of ether oxygens (including phenoxy) is 1. The Hall–Kier alpha value is -2.81. The summed E-state index contributed by atoms with van der Waals surface area (Å²) in [6.07, 6.45) is 0. The van der Waals surface area contributed by atoms with Crippen molar-refractivity contribution in [2.24, 2.45) is 0 Å². The molecule has 0 saturated carbocycles. The standard InChI is InChI=1S/C21H22N4O3S/c1-14-3-2-4-15(11-14)18-6-5-17(19(26)23-18)20(27)24-21-22-16(13-29-21)12-25-7-9-28-10-8-25/h2-6,11,13H,7-10,12H2,1H3,(H,23,26)(H,22,24,27). The van der Waals surface area contributed by atoms with E-state index in [9.17, 15) is 9.59 Å². The van der Waals surface area contributed by atoms with Gasteiger partial charge >= 0.3 is 0 Å². The van der Waals surface area contributed by atoms with Crippen molar-refractivity contribution in [3.8, 4) is 11.3 Å². The molecular formula is C21H22N4O3S. The summed E-state index contributed by atoms with van der Waals surface area (Å²) in [4.78, 5) is 34.5. The van der Waals surface area contributed by atoms with Crippen LogP contribution in [0.4, 0.5) is 5.13 Å². The smallest absolute Gasteiger partial charge is 0.263 e. The Morgan fingerprint density at radius 2 is 2.10 bits per heavy atom. The highest BCUT2D eigenvalue weighted by molar-refractivity contribution is 7.13. The Kier molecular flexibility index (Phi) is 5.84. The van der Waals surface area contributed by atoms with Crippen LogP contribution in [0.15, 0.2) is 46.6 Å². The number of benzene rings is 1. The Bertz CT molecular complexity index is 1070. The van der Waals surface area contributed by atoms with E-state index < -0.39 is 11.5 Å². The molecule has 7 nitrogen and oxygen atoms in total. The highest BCUT2D eigenvalue weighted by atomic mass is 32.1. The highest BCUT2D eigenvalue weighted by Gasteiger charge is 2.16. The number of nitrogens with zero attached hydrogens (tertiary/aromatic N) is 2. The van der Waals surface area contributed by atoms with Gasteiger partial charge in [-0.1, -0.05) is 23.8 Å². The third kappa shape index (κ3) is 4.79. The van der Waals surface area contributed by atoms with E-state index in [1.807, 2.05) is 36.6 Å². The average Bonchev–Trinajstić information content (AvgIpc) is 3.15. The van der Waals surface area contributed by atoms with E-state index in [1.54, 1.807) is 12.1 Å². The van der Waals surface area contributed by atoms with Gasteiger partial charge in [-0.15, -0.1) is 11.3 Å². The fourth-order valence-corrected chi connectivity index (χ4v) is 3.92. The normalized spacial score (nSPS) is 14.7. The van der Waals surface area contributed by atoms with Gasteiger partial charge in [-0.2, -0.15) is 0 Å². The number of anilines is 1. The monoisotopic (exact) mass is 410 g/mol. The molecular weight excluding hydrogens is 388 g/mol. The first-order valence-corrected chi connectivity index (χ1v) is 10.3. The molecule has 1 amide bonds. The molecule has 0 aliphatic carbocycles. The number of carbonyl (C=O) groups excluding carboxylic acids is 1. The Labute approximate surface area is 172 Å². The van der Waals surface area contributed by atoms with Crippen LogP contribution in [0.5, 0.6) is 0 Å². The maximum absolute atomic E-state index is 12.5. The van der Waals surface area contributed by atoms with Crippen molar-refractivity contribution in [1.82, 2.24) is 14.9 Å². The van der Waals surface area contributed by atoms with Gasteiger partial charge in [0.25, 0.3) is 11.5 Å². The molecule has 3 aromatic rings. The number of hydrogen-bond donors (Lipinski definition) is 2. The Morgan fingerprint density at radius 3 is 2.86 bits per heavy atom. The van der Waals surface area contributed by atoms with Crippen LogP contribution in [0, 0.1) is 6.92 Å². The number of amides is 1. The van der Waals surface area contributed by atoms with E-state index in [0.717, 1.165) is 49.7 Å². The van der Waals surface area contributed by atoms with Crippen LogP contribution in [-0.2, 0) is 11.3 Å². The molecule has 0 radical (unpaired) electrons. The lowest BCUT2D eigenvalue weighted by Gasteiger charge is -2.25. The fourth-order valence-electron chi connectivity index (χ4n) is 3.22. The van der Waals surface area contributed by atoms with Crippen molar-refractivity contribution in [3.05, 3.63) is 69.0 Å². The molecule has 1 saturated heterocycles. The van der Waals surface area contributed by atoms with Crippen molar-refractivity contribution in [1.29, 1.82) is 0 Å². The first-order chi connectivity index (χ1) is 14.1. The van der Waals surface area contributed by atoms with Gasteiger partial charge in [0.05, 0.1) is 18.9 Å². The third-order valence-corrected chi connectivity index (χ3v) is 5.55. The van der Waals surface area contributed by atoms with E-state index in [-0.39, 0.29) is 5.56 Å². The van der Waals surface area contributed by atoms with Gasteiger partial charge < -0.3 is 9.72 Å².